The number of nitrogens with zero attached hydrogens (tertiary/aromatic N) is 3. The average molecular weight is 291 g/mol. The first kappa shape index (κ1) is 15.0. The van der Waals surface area contributed by atoms with Gasteiger partial charge in [0.2, 0.25) is 0 Å². The van der Waals surface area contributed by atoms with E-state index in [4.69, 9.17) is 0 Å². The van der Waals surface area contributed by atoms with Crippen molar-refractivity contribution in [2.45, 2.75) is 77.1 Å². The summed E-state index contributed by atoms with van der Waals surface area (Å²) in [6.45, 7) is 5.22. The molecule has 0 spiro atoms. The fourth-order valence-corrected chi connectivity index (χ4v) is 4.18. The molecule has 2 heterocycles. The zero-order valence-electron chi connectivity index (χ0n) is 13.2. The minimum atomic E-state index is -0.0808. The fourth-order valence-electron chi connectivity index (χ4n) is 4.18. The van der Waals surface area contributed by atoms with Gasteiger partial charge in [-0.3, -0.25) is 9.58 Å². The largest absolute Gasteiger partial charge is 0.393 e. The fraction of sp³-hybridized carbons (Fsp3) is 0.824. The van der Waals surface area contributed by atoms with Gasteiger partial charge in [-0.2, -0.15) is 5.10 Å². The highest BCUT2D eigenvalue weighted by molar-refractivity contribution is 5.05. The van der Waals surface area contributed by atoms with Gasteiger partial charge in [-0.15, -0.1) is 0 Å². The molecule has 1 aromatic rings. The van der Waals surface area contributed by atoms with Crippen molar-refractivity contribution in [2.75, 3.05) is 6.54 Å². The monoisotopic (exact) mass is 291 g/mol. The van der Waals surface area contributed by atoms with Gasteiger partial charge < -0.3 is 5.11 Å². The number of aliphatic hydroxyl groups is 1. The number of rotatable bonds is 4. The van der Waals surface area contributed by atoms with Crippen molar-refractivity contribution in [1.82, 2.24) is 14.7 Å². The van der Waals surface area contributed by atoms with E-state index in [1.807, 2.05) is 10.9 Å². The maximum atomic E-state index is 10.4. The second kappa shape index (κ2) is 6.93. The third-order valence-electron chi connectivity index (χ3n) is 5.34. The Hall–Kier alpha value is -0.870. The van der Waals surface area contributed by atoms with E-state index >= 15 is 0 Å². The zero-order valence-corrected chi connectivity index (χ0v) is 13.2. The Balaban J connectivity index is 1.68. The van der Waals surface area contributed by atoms with Crippen molar-refractivity contribution in [2.24, 2.45) is 5.92 Å². The van der Waals surface area contributed by atoms with E-state index < -0.39 is 0 Å². The van der Waals surface area contributed by atoms with E-state index in [-0.39, 0.29) is 6.10 Å². The molecule has 0 aromatic carbocycles. The highest BCUT2D eigenvalue weighted by Gasteiger charge is 2.35. The predicted molar refractivity (Wildman–Crippen MR) is 83.9 cm³/mol. The molecule has 2 aliphatic rings. The van der Waals surface area contributed by atoms with E-state index in [2.05, 4.69) is 23.1 Å². The van der Waals surface area contributed by atoms with E-state index in [1.165, 1.54) is 50.6 Å². The van der Waals surface area contributed by atoms with Crippen LogP contribution < -0.4 is 0 Å². The molecule has 3 atom stereocenters. The van der Waals surface area contributed by atoms with Gasteiger partial charge in [-0.25, -0.2) is 0 Å². The predicted octanol–water partition coefficient (Wildman–Crippen LogP) is 2.81. The molecule has 21 heavy (non-hydrogen) atoms. The van der Waals surface area contributed by atoms with Crippen LogP contribution in [-0.2, 0) is 13.1 Å². The molecule has 4 nitrogen and oxygen atoms in total. The Kier molecular flexibility index (Phi) is 4.96. The number of likely N-dealkylation sites (tertiary alicyclic amines) is 1. The van der Waals surface area contributed by atoms with Crippen LogP contribution in [0.25, 0.3) is 0 Å². The van der Waals surface area contributed by atoms with E-state index in [9.17, 15) is 5.11 Å². The Morgan fingerprint density at radius 2 is 2.00 bits per heavy atom. The van der Waals surface area contributed by atoms with Gasteiger partial charge in [-0.1, -0.05) is 19.3 Å². The van der Waals surface area contributed by atoms with Crippen molar-refractivity contribution < 1.29 is 5.11 Å². The van der Waals surface area contributed by atoms with Crippen LogP contribution in [0, 0.1) is 5.92 Å². The van der Waals surface area contributed by atoms with Gasteiger partial charge in [0.15, 0.2) is 0 Å². The summed E-state index contributed by atoms with van der Waals surface area (Å²) in [6.07, 6.45) is 12.7. The van der Waals surface area contributed by atoms with Crippen LogP contribution in [0.2, 0.25) is 0 Å². The topological polar surface area (TPSA) is 41.3 Å². The van der Waals surface area contributed by atoms with Gasteiger partial charge in [0.1, 0.15) is 0 Å². The van der Waals surface area contributed by atoms with Crippen molar-refractivity contribution in [3.8, 4) is 0 Å². The molecule has 1 aliphatic heterocycles. The first-order valence-corrected chi connectivity index (χ1v) is 8.71. The van der Waals surface area contributed by atoms with Gasteiger partial charge in [-0.05, 0) is 39.2 Å². The minimum Gasteiger partial charge on any atom is -0.393 e. The van der Waals surface area contributed by atoms with Crippen LogP contribution in [0.4, 0.5) is 0 Å². The Bertz CT molecular complexity index is 445. The van der Waals surface area contributed by atoms with Crippen LogP contribution in [0.15, 0.2) is 12.4 Å². The first-order chi connectivity index (χ1) is 10.3. The molecule has 1 N–H and O–H groups in total. The molecule has 1 saturated heterocycles. The normalized spacial score (nSPS) is 31.4. The molecule has 1 aliphatic carbocycles. The standard InChI is InChI=1S/C17H29N3O/c1-2-20-13-14(11-18-20)12-19-10-6-5-8-16(19)15-7-3-4-9-17(15)21/h11,13,15-17,21H,2-10,12H2,1H3. The Labute approximate surface area is 128 Å². The summed E-state index contributed by atoms with van der Waals surface area (Å²) in [5.41, 5.74) is 1.31. The molecule has 3 unspecified atom stereocenters. The molecule has 0 bridgehead atoms. The summed E-state index contributed by atoms with van der Waals surface area (Å²) in [4.78, 5) is 2.61. The van der Waals surface area contributed by atoms with Gasteiger partial charge in [0, 0.05) is 36.8 Å². The van der Waals surface area contributed by atoms with Crippen LogP contribution in [-0.4, -0.2) is 38.5 Å². The number of aromatic nitrogens is 2. The second-order valence-corrected chi connectivity index (χ2v) is 6.75. The molecular formula is C17H29N3O. The highest BCUT2D eigenvalue weighted by atomic mass is 16.3. The minimum absolute atomic E-state index is 0.0808. The number of piperidine rings is 1. The number of aryl methyl sites for hydroxylation is 1. The molecule has 118 valence electrons. The summed E-state index contributed by atoms with van der Waals surface area (Å²) in [5.74, 6) is 0.486. The molecule has 0 amide bonds. The van der Waals surface area contributed by atoms with Crippen LogP contribution in [0.5, 0.6) is 0 Å². The summed E-state index contributed by atoms with van der Waals surface area (Å²) >= 11 is 0. The van der Waals surface area contributed by atoms with Crippen molar-refractivity contribution in [3.63, 3.8) is 0 Å². The van der Waals surface area contributed by atoms with E-state index in [0.29, 0.717) is 12.0 Å². The van der Waals surface area contributed by atoms with Crippen molar-refractivity contribution in [3.05, 3.63) is 18.0 Å². The van der Waals surface area contributed by atoms with Crippen molar-refractivity contribution in [1.29, 1.82) is 0 Å². The highest BCUT2D eigenvalue weighted by Crippen LogP contribution is 2.34. The summed E-state index contributed by atoms with van der Waals surface area (Å²) in [6, 6.07) is 0.569. The second-order valence-electron chi connectivity index (χ2n) is 6.75. The zero-order chi connectivity index (χ0) is 14.7. The van der Waals surface area contributed by atoms with E-state index in [0.717, 1.165) is 19.5 Å². The SMILES string of the molecule is CCn1cc(CN2CCCCC2C2CCCCC2O)cn1. The summed E-state index contributed by atoms with van der Waals surface area (Å²) in [5, 5.41) is 14.8. The molecule has 2 fully saturated rings. The summed E-state index contributed by atoms with van der Waals surface area (Å²) in [7, 11) is 0. The number of aliphatic hydroxyl groups excluding tert-OH is 1. The van der Waals surface area contributed by atoms with E-state index in [1.54, 1.807) is 0 Å². The van der Waals surface area contributed by atoms with Gasteiger partial charge in [0.05, 0.1) is 12.3 Å². The van der Waals surface area contributed by atoms with Gasteiger partial charge in [0.25, 0.3) is 0 Å². The maximum absolute atomic E-state index is 10.4. The number of hydrogen-bond donors (Lipinski definition) is 1. The van der Waals surface area contributed by atoms with Crippen LogP contribution in [0.1, 0.15) is 57.4 Å². The smallest absolute Gasteiger partial charge is 0.0583 e. The molecule has 1 saturated carbocycles. The van der Waals surface area contributed by atoms with Gasteiger partial charge >= 0.3 is 0 Å². The Morgan fingerprint density at radius 1 is 1.19 bits per heavy atom. The molecule has 1 aromatic heterocycles. The van der Waals surface area contributed by atoms with Crippen LogP contribution >= 0.6 is 0 Å². The third-order valence-corrected chi connectivity index (χ3v) is 5.34. The van der Waals surface area contributed by atoms with Crippen molar-refractivity contribution >= 4 is 0 Å². The Morgan fingerprint density at radius 3 is 2.76 bits per heavy atom. The third kappa shape index (κ3) is 3.49. The lowest BCUT2D eigenvalue weighted by Crippen LogP contribution is -2.48. The quantitative estimate of drug-likeness (QED) is 0.927. The lowest BCUT2D eigenvalue weighted by molar-refractivity contribution is -0.00862. The molecule has 4 heteroatoms. The van der Waals surface area contributed by atoms with Crippen LogP contribution in [0.3, 0.4) is 0 Å². The maximum Gasteiger partial charge on any atom is 0.0583 e. The number of hydrogen-bond acceptors (Lipinski definition) is 3. The first-order valence-electron chi connectivity index (χ1n) is 8.71. The summed E-state index contributed by atoms with van der Waals surface area (Å²) < 4.78 is 2.00. The molecule has 3 rings (SSSR count). The molecular weight excluding hydrogens is 262 g/mol. The lowest BCUT2D eigenvalue weighted by Gasteiger charge is -2.43. The average Bonchev–Trinajstić information content (AvgIpc) is 2.96. The molecule has 0 radical (unpaired) electrons. The lowest BCUT2D eigenvalue weighted by atomic mass is 9.78.